The van der Waals surface area contributed by atoms with E-state index in [4.69, 9.17) is 9.84 Å². The van der Waals surface area contributed by atoms with Crippen LogP contribution in [0.1, 0.15) is 5.56 Å². The lowest BCUT2D eigenvalue weighted by molar-refractivity contribution is -0.134. The van der Waals surface area contributed by atoms with Gasteiger partial charge in [-0.2, -0.15) is 0 Å². The van der Waals surface area contributed by atoms with Crippen molar-refractivity contribution < 1.29 is 27.4 Å². The number of carboxylic acid groups (broad SMARTS) is 1. The molecule has 7 nitrogen and oxygen atoms in total. The zero-order valence-corrected chi connectivity index (χ0v) is 15.0. The van der Waals surface area contributed by atoms with Gasteiger partial charge in [-0.3, -0.25) is 14.6 Å². The van der Waals surface area contributed by atoms with Gasteiger partial charge in [-0.05, 0) is 17.7 Å². The Morgan fingerprint density at radius 1 is 1.24 bits per heavy atom. The number of aliphatic carboxylic acids is 1. The van der Waals surface area contributed by atoms with Crippen molar-refractivity contribution in [3.05, 3.63) is 29.6 Å². The number of carbonyl (C=O) groups is 1. The molecule has 2 rings (SSSR count). The van der Waals surface area contributed by atoms with Gasteiger partial charge >= 0.3 is 5.97 Å². The van der Waals surface area contributed by atoms with E-state index in [-0.39, 0.29) is 17.3 Å². The molecule has 0 aromatic heterocycles. The molecule has 1 saturated heterocycles. The lowest BCUT2D eigenvalue weighted by Crippen LogP contribution is -2.47. The highest BCUT2D eigenvalue weighted by molar-refractivity contribution is 7.92. The molecule has 1 aliphatic heterocycles. The Bertz CT molecular complexity index is 702. The Balaban J connectivity index is 1.78. The number of ether oxygens (including phenoxy) is 1. The molecule has 1 aromatic carbocycles. The second-order valence-corrected chi connectivity index (χ2v) is 8.26. The van der Waals surface area contributed by atoms with Crippen molar-refractivity contribution in [3.63, 3.8) is 0 Å². The summed E-state index contributed by atoms with van der Waals surface area (Å²) in [7, 11) is -2.14. The van der Waals surface area contributed by atoms with Gasteiger partial charge in [0.1, 0.15) is 5.75 Å². The molecule has 0 spiro atoms. The number of hydrogen-bond acceptors (Lipinski definition) is 6. The minimum absolute atomic E-state index is 0.150. The molecule has 0 aliphatic carbocycles. The summed E-state index contributed by atoms with van der Waals surface area (Å²) in [6.45, 7) is 3.83. The molecule has 25 heavy (non-hydrogen) atoms. The van der Waals surface area contributed by atoms with E-state index >= 15 is 0 Å². The average Bonchev–Trinajstić information content (AvgIpc) is 2.53. The number of rotatable bonds is 8. The van der Waals surface area contributed by atoms with E-state index in [1.807, 2.05) is 11.0 Å². The van der Waals surface area contributed by atoms with Crippen LogP contribution >= 0.6 is 0 Å². The topological polar surface area (TPSA) is 87.2 Å². The molecule has 0 radical (unpaired) electrons. The maximum absolute atomic E-state index is 13.7. The van der Waals surface area contributed by atoms with Gasteiger partial charge in [0, 0.05) is 39.3 Å². The minimum atomic E-state index is -3.56. The van der Waals surface area contributed by atoms with Crippen molar-refractivity contribution in [2.45, 2.75) is 6.54 Å². The summed E-state index contributed by atoms with van der Waals surface area (Å²) in [4.78, 5) is 14.7. The van der Waals surface area contributed by atoms with Gasteiger partial charge in [-0.25, -0.2) is 12.8 Å². The summed E-state index contributed by atoms with van der Waals surface area (Å²) in [5.41, 5.74) is 0.857. The number of methoxy groups -OCH3 is 1. The zero-order valence-electron chi connectivity index (χ0n) is 14.1. The van der Waals surface area contributed by atoms with E-state index in [0.717, 1.165) is 18.7 Å². The van der Waals surface area contributed by atoms with Gasteiger partial charge in [0.15, 0.2) is 21.4 Å². The third-order valence-electron chi connectivity index (χ3n) is 4.15. The first-order valence-electron chi connectivity index (χ1n) is 7.98. The average molecular weight is 374 g/mol. The number of piperazine rings is 1. The molecule has 0 atom stereocenters. The normalized spacial score (nSPS) is 16.7. The van der Waals surface area contributed by atoms with Crippen LogP contribution in [0.5, 0.6) is 5.75 Å². The summed E-state index contributed by atoms with van der Waals surface area (Å²) in [5, 5.41) is 8.58. The lowest BCUT2D eigenvalue weighted by Gasteiger charge is -2.34. The van der Waals surface area contributed by atoms with Gasteiger partial charge in [0.2, 0.25) is 0 Å². The highest BCUT2D eigenvalue weighted by atomic mass is 32.2. The summed E-state index contributed by atoms with van der Waals surface area (Å²) in [6.07, 6.45) is 0. The molecular weight excluding hydrogens is 351 g/mol. The van der Waals surface area contributed by atoms with Crippen molar-refractivity contribution in [2.24, 2.45) is 0 Å². The third-order valence-corrected chi connectivity index (χ3v) is 5.64. The van der Waals surface area contributed by atoms with Gasteiger partial charge in [0.25, 0.3) is 0 Å². The number of sulfone groups is 1. The molecule has 140 valence electrons. The number of carboxylic acids is 1. The molecule has 0 saturated carbocycles. The van der Waals surface area contributed by atoms with Crippen LogP contribution in [0.15, 0.2) is 18.2 Å². The summed E-state index contributed by atoms with van der Waals surface area (Å²) in [6, 6.07) is 4.89. The van der Waals surface area contributed by atoms with Crippen LogP contribution in [-0.4, -0.2) is 80.6 Å². The SMILES string of the molecule is COc1ccc(CN2CCN(CCS(=O)(=O)CC(=O)O)CC2)cc1F. The van der Waals surface area contributed by atoms with Gasteiger partial charge in [0.05, 0.1) is 12.9 Å². The first kappa shape index (κ1) is 19.6. The maximum Gasteiger partial charge on any atom is 0.318 e. The van der Waals surface area contributed by atoms with E-state index in [0.29, 0.717) is 26.2 Å². The molecular formula is C16H23FN2O5S. The second kappa shape index (κ2) is 8.59. The second-order valence-electron chi connectivity index (χ2n) is 6.07. The smallest absolute Gasteiger partial charge is 0.318 e. The van der Waals surface area contributed by atoms with Crippen molar-refractivity contribution in [1.29, 1.82) is 0 Å². The molecule has 0 unspecified atom stereocenters. The summed E-state index contributed by atoms with van der Waals surface area (Å²) < 4.78 is 41.8. The monoisotopic (exact) mass is 374 g/mol. The number of halogens is 1. The van der Waals surface area contributed by atoms with Crippen molar-refractivity contribution in [1.82, 2.24) is 9.80 Å². The predicted molar refractivity (Wildman–Crippen MR) is 91.0 cm³/mol. The molecule has 1 aromatic rings. The Kier molecular flexibility index (Phi) is 6.74. The Morgan fingerprint density at radius 3 is 2.44 bits per heavy atom. The van der Waals surface area contributed by atoms with Crippen LogP contribution in [0.25, 0.3) is 0 Å². The van der Waals surface area contributed by atoms with E-state index in [2.05, 4.69) is 4.90 Å². The quantitative estimate of drug-likeness (QED) is 0.707. The van der Waals surface area contributed by atoms with E-state index < -0.39 is 21.6 Å². The van der Waals surface area contributed by atoms with Gasteiger partial charge in [-0.15, -0.1) is 0 Å². The first-order chi connectivity index (χ1) is 11.8. The molecule has 9 heteroatoms. The predicted octanol–water partition coefficient (Wildman–Crippen LogP) is 0.451. The summed E-state index contributed by atoms with van der Waals surface area (Å²) >= 11 is 0. The Hall–Kier alpha value is -1.71. The van der Waals surface area contributed by atoms with Crippen LogP contribution in [0, 0.1) is 5.82 Å². The van der Waals surface area contributed by atoms with Crippen LogP contribution in [0.3, 0.4) is 0 Å². The standard InChI is InChI=1S/C16H23FN2O5S/c1-24-15-3-2-13(10-14(15)17)11-19-6-4-18(5-7-19)8-9-25(22,23)12-16(20)21/h2-3,10H,4-9,11-12H2,1H3,(H,20,21). The largest absolute Gasteiger partial charge is 0.494 e. The number of hydrogen-bond donors (Lipinski definition) is 1. The molecule has 1 fully saturated rings. The number of benzene rings is 1. The molecule has 1 heterocycles. The minimum Gasteiger partial charge on any atom is -0.494 e. The van der Waals surface area contributed by atoms with Crippen LogP contribution in [-0.2, 0) is 21.2 Å². The van der Waals surface area contributed by atoms with E-state index in [9.17, 15) is 17.6 Å². The lowest BCUT2D eigenvalue weighted by atomic mass is 10.2. The van der Waals surface area contributed by atoms with Crippen LogP contribution in [0.2, 0.25) is 0 Å². The van der Waals surface area contributed by atoms with E-state index in [1.54, 1.807) is 6.07 Å². The first-order valence-corrected chi connectivity index (χ1v) is 9.80. The molecule has 0 bridgehead atoms. The highest BCUT2D eigenvalue weighted by Gasteiger charge is 2.21. The fraction of sp³-hybridized carbons (Fsp3) is 0.562. The fourth-order valence-electron chi connectivity index (χ4n) is 2.77. The Morgan fingerprint density at radius 2 is 1.88 bits per heavy atom. The van der Waals surface area contributed by atoms with Gasteiger partial charge < -0.3 is 9.84 Å². The Labute approximate surface area is 146 Å². The van der Waals surface area contributed by atoms with Crippen molar-refractivity contribution >= 4 is 15.8 Å². The summed E-state index contributed by atoms with van der Waals surface area (Å²) in [5.74, 6) is -2.46. The fourth-order valence-corrected chi connectivity index (χ4v) is 3.82. The maximum atomic E-state index is 13.7. The van der Waals surface area contributed by atoms with Crippen LogP contribution < -0.4 is 4.74 Å². The van der Waals surface area contributed by atoms with Crippen molar-refractivity contribution in [3.8, 4) is 5.75 Å². The zero-order chi connectivity index (χ0) is 18.4. The molecule has 1 N–H and O–H groups in total. The van der Waals surface area contributed by atoms with E-state index in [1.165, 1.54) is 13.2 Å². The van der Waals surface area contributed by atoms with Gasteiger partial charge in [-0.1, -0.05) is 6.07 Å². The van der Waals surface area contributed by atoms with Crippen LogP contribution in [0.4, 0.5) is 4.39 Å². The third kappa shape index (κ3) is 6.26. The number of nitrogens with zero attached hydrogens (tertiary/aromatic N) is 2. The van der Waals surface area contributed by atoms with Crippen molar-refractivity contribution in [2.75, 3.05) is 51.3 Å². The molecule has 0 amide bonds. The highest BCUT2D eigenvalue weighted by Crippen LogP contribution is 2.19. The molecule has 1 aliphatic rings.